The zero-order valence-corrected chi connectivity index (χ0v) is 20.0. The van der Waals surface area contributed by atoms with Gasteiger partial charge in [0.1, 0.15) is 11.6 Å². The predicted octanol–water partition coefficient (Wildman–Crippen LogP) is 3.82. The average molecular weight is 474 g/mol. The second-order valence-electron chi connectivity index (χ2n) is 8.90. The Labute approximate surface area is 205 Å². The van der Waals surface area contributed by atoms with Gasteiger partial charge in [0.25, 0.3) is 5.91 Å². The Morgan fingerprint density at radius 1 is 1.17 bits per heavy atom. The fourth-order valence-electron chi connectivity index (χ4n) is 4.46. The quantitative estimate of drug-likeness (QED) is 0.323. The summed E-state index contributed by atoms with van der Waals surface area (Å²) in [5, 5.41) is 13.5. The minimum Gasteiger partial charge on any atom is -0.494 e. The summed E-state index contributed by atoms with van der Waals surface area (Å²) in [4.78, 5) is 14.8. The fraction of sp³-hybridized carbons (Fsp3) is 0.333. The summed E-state index contributed by atoms with van der Waals surface area (Å²) in [6.07, 6.45) is 3.44. The molecule has 5 rings (SSSR count). The summed E-state index contributed by atoms with van der Waals surface area (Å²) in [5.41, 5.74) is 5.53. The number of fused-ring (bicyclic) bond motifs is 1. The van der Waals surface area contributed by atoms with Crippen LogP contribution in [0.5, 0.6) is 5.75 Å². The molecule has 2 aliphatic heterocycles. The lowest BCUT2D eigenvalue weighted by molar-refractivity contribution is -0.110. The van der Waals surface area contributed by atoms with Crippen LogP contribution in [0.2, 0.25) is 0 Å². The van der Waals surface area contributed by atoms with Gasteiger partial charge in [-0.2, -0.15) is 5.10 Å². The van der Waals surface area contributed by atoms with E-state index in [1.165, 1.54) is 0 Å². The minimum absolute atomic E-state index is 0.107. The number of hydrogen-bond donors (Lipinski definition) is 3. The molecule has 0 aliphatic carbocycles. The van der Waals surface area contributed by atoms with Gasteiger partial charge in [-0.25, -0.2) is 0 Å². The second-order valence-corrected chi connectivity index (χ2v) is 8.90. The topological polar surface area (TPSA) is 91.5 Å². The molecule has 35 heavy (non-hydrogen) atoms. The molecule has 0 unspecified atom stereocenters. The van der Waals surface area contributed by atoms with Crippen LogP contribution in [0, 0.1) is 6.92 Å². The molecular formula is C27H31N5O3. The SMILES string of the molecule is Cc1cccc2c1/C(=C\Nc1cc(Cc3ccc(OCCCN4CCOCC4)cc3)n[nH]1)C(=O)N2. The van der Waals surface area contributed by atoms with Crippen LogP contribution in [0.3, 0.4) is 0 Å². The lowest BCUT2D eigenvalue weighted by Crippen LogP contribution is -2.37. The van der Waals surface area contributed by atoms with Gasteiger partial charge in [-0.3, -0.25) is 14.8 Å². The van der Waals surface area contributed by atoms with E-state index in [9.17, 15) is 4.79 Å². The molecule has 3 N–H and O–H groups in total. The monoisotopic (exact) mass is 473 g/mol. The third-order valence-corrected chi connectivity index (χ3v) is 6.34. The van der Waals surface area contributed by atoms with Gasteiger partial charge in [-0.15, -0.1) is 0 Å². The first-order valence-corrected chi connectivity index (χ1v) is 12.1. The zero-order chi connectivity index (χ0) is 24.0. The standard InChI is InChI=1S/C27H31N5O3/c1-19-4-2-5-24-26(19)23(27(33)29-24)18-28-25-17-21(30-31-25)16-20-6-8-22(9-7-20)35-13-3-10-32-11-14-34-15-12-32/h2,4-9,17-18H,3,10-16H2,1H3,(H,29,33)(H2,28,30,31)/b23-18+. The summed E-state index contributed by atoms with van der Waals surface area (Å²) < 4.78 is 11.3. The van der Waals surface area contributed by atoms with E-state index in [1.54, 1.807) is 6.20 Å². The van der Waals surface area contributed by atoms with Crippen LogP contribution in [0.25, 0.3) is 5.57 Å². The van der Waals surface area contributed by atoms with Crippen LogP contribution in [0.1, 0.15) is 28.8 Å². The first-order valence-electron chi connectivity index (χ1n) is 12.1. The summed E-state index contributed by atoms with van der Waals surface area (Å²) in [6, 6.07) is 16.0. The Balaban J connectivity index is 1.11. The number of nitrogens with one attached hydrogen (secondary N) is 3. The van der Waals surface area contributed by atoms with Gasteiger partial charge in [-0.1, -0.05) is 24.3 Å². The molecule has 182 valence electrons. The number of nitrogens with zero attached hydrogens (tertiary/aromatic N) is 2. The number of benzene rings is 2. The maximum atomic E-state index is 12.4. The first kappa shape index (κ1) is 23.1. The number of aryl methyl sites for hydroxylation is 1. The Hall–Kier alpha value is -3.62. The fourth-order valence-corrected chi connectivity index (χ4v) is 4.46. The number of ether oxygens (including phenoxy) is 2. The van der Waals surface area contributed by atoms with E-state index in [1.807, 2.05) is 43.3 Å². The molecule has 8 nitrogen and oxygen atoms in total. The van der Waals surface area contributed by atoms with Crippen molar-refractivity contribution in [2.24, 2.45) is 0 Å². The average Bonchev–Trinajstić information content (AvgIpc) is 3.46. The number of carbonyl (C=O) groups is 1. The Bertz CT molecular complexity index is 1200. The molecule has 1 amide bonds. The molecule has 2 aliphatic rings. The molecule has 1 aromatic heterocycles. The highest BCUT2D eigenvalue weighted by Gasteiger charge is 2.25. The molecule has 1 fully saturated rings. The largest absolute Gasteiger partial charge is 0.494 e. The van der Waals surface area contributed by atoms with Crippen molar-refractivity contribution in [2.75, 3.05) is 50.1 Å². The third kappa shape index (κ3) is 5.72. The highest BCUT2D eigenvalue weighted by molar-refractivity contribution is 6.32. The predicted molar refractivity (Wildman–Crippen MR) is 137 cm³/mol. The molecular weight excluding hydrogens is 442 g/mol. The van der Waals surface area contributed by atoms with Crippen molar-refractivity contribution in [3.63, 3.8) is 0 Å². The molecule has 2 aromatic carbocycles. The van der Waals surface area contributed by atoms with Crippen molar-refractivity contribution in [3.05, 3.63) is 77.1 Å². The summed E-state index contributed by atoms with van der Waals surface area (Å²) in [6.45, 7) is 7.45. The maximum Gasteiger partial charge on any atom is 0.257 e. The zero-order valence-electron chi connectivity index (χ0n) is 20.0. The number of carbonyl (C=O) groups excluding carboxylic acids is 1. The van der Waals surface area contributed by atoms with Crippen LogP contribution >= 0.6 is 0 Å². The molecule has 1 saturated heterocycles. The molecule has 0 saturated carbocycles. The van der Waals surface area contributed by atoms with E-state index in [4.69, 9.17) is 9.47 Å². The number of hydrogen-bond acceptors (Lipinski definition) is 6. The van der Waals surface area contributed by atoms with Crippen molar-refractivity contribution in [2.45, 2.75) is 19.8 Å². The van der Waals surface area contributed by atoms with Crippen LogP contribution in [-0.2, 0) is 16.0 Å². The number of anilines is 2. The number of amides is 1. The van der Waals surface area contributed by atoms with Gasteiger partial charge in [0, 0.05) is 49.6 Å². The number of H-pyrrole nitrogens is 1. The van der Waals surface area contributed by atoms with E-state index in [0.717, 1.165) is 78.9 Å². The number of aromatic nitrogens is 2. The second kappa shape index (κ2) is 10.8. The van der Waals surface area contributed by atoms with Gasteiger partial charge in [0.2, 0.25) is 0 Å². The third-order valence-electron chi connectivity index (χ3n) is 6.34. The van der Waals surface area contributed by atoms with Gasteiger partial charge in [-0.05, 0) is 42.7 Å². The van der Waals surface area contributed by atoms with E-state index >= 15 is 0 Å². The van der Waals surface area contributed by atoms with Crippen LogP contribution in [0.4, 0.5) is 11.5 Å². The Kier molecular flexibility index (Phi) is 7.11. The maximum absolute atomic E-state index is 12.4. The summed E-state index contributed by atoms with van der Waals surface area (Å²) in [7, 11) is 0. The van der Waals surface area contributed by atoms with Crippen LogP contribution in [0.15, 0.2) is 54.7 Å². The van der Waals surface area contributed by atoms with E-state index in [0.29, 0.717) is 18.6 Å². The first-order chi connectivity index (χ1) is 17.2. The van der Waals surface area contributed by atoms with E-state index in [-0.39, 0.29) is 5.91 Å². The summed E-state index contributed by atoms with van der Waals surface area (Å²) in [5.74, 6) is 1.52. The number of morpholine rings is 1. The van der Waals surface area contributed by atoms with Crippen molar-refractivity contribution in [3.8, 4) is 5.75 Å². The molecule has 3 aromatic rings. The smallest absolute Gasteiger partial charge is 0.257 e. The lowest BCUT2D eigenvalue weighted by atomic mass is 10.0. The molecule has 0 bridgehead atoms. The molecule has 0 atom stereocenters. The highest BCUT2D eigenvalue weighted by atomic mass is 16.5. The van der Waals surface area contributed by atoms with Crippen molar-refractivity contribution < 1.29 is 14.3 Å². The lowest BCUT2D eigenvalue weighted by Gasteiger charge is -2.26. The van der Waals surface area contributed by atoms with Gasteiger partial charge < -0.3 is 20.1 Å². The molecule has 3 heterocycles. The van der Waals surface area contributed by atoms with Gasteiger partial charge >= 0.3 is 0 Å². The van der Waals surface area contributed by atoms with Crippen LogP contribution in [-0.4, -0.2) is 60.5 Å². The van der Waals surface area contributed by atoms with Crippen molar-refractivity contribution in [1.82, 2.24) is 15.1 Å². The Morgan fingerprint density at radius 2 is 2.00 bits per heavy atom. The van der Waals surface area contributed by atoms with Crippen molar-refractivity contribution in [1.29, 1.82) is 0 Å². The Morgan fingerprint density at radius 3 is 2.83 bits per heavy atom. The highest BCUT2D eigenvalue weighted by Crippen LogP contribution is 2.34. The molecule has 8 heteroatoms. The molecule has 0 spiro atoms. The van der Waals surface area contributed by atoms with E-state index < -0.39 is 0 Å². The molecule has 0 radical (unpaired) electrons. The number of rotatable bonds is 9. The van der Waals surface area contributed by atoms with Gasteiger partial charge in [0.15, 0.2) is 0 Å². The van der Waals surface area contributed by atoms with Crippen LogP contribution < -0.4 is 15.4 Å². The van der Waals surface area contributed by atoms with E-state index in [2.05, 4.69) is 37.9 Å². The number of aromatic amines is 1. The van der Waals surface area contributed by atoms with Crippen molar-refractivity contribution >= 4 is 23.0 Å². The minimum atomic E-state index is -0.107. The normalized spacial score (nSPS) is 16.8. The van der Waals surface area contributed by atoms with Gasteiger partial charge in [0.05, 0.1) is 31.1 Å². The summed E-state index contributed by atoms with van der Waals surface area (Å²) >= 11 is 0.